The maximum absolute atomic E-state index is 12.4. The second-order valence-electron chi connectivity index (χ2n) is 4.65. The molecule has 1 fully saturated rings. The van der Waals surface area contributed by atoms with Gasteiger partial charge in [0.05, 0.1) is 11.0 Å². The summed E-state index contributed by atoms with van der Waals surface area (Å²) in [7, 11) is -3.53. The highest BCUT2D eigenvalue weighted by Crippen LogP contribution is 2.26. The number of sulfonamides is 1. The molecule has 4 nitrogen and oxygen atoms in total. The summed E-state index contributed by atoms with van der Waals surface area (Å²) >= 11 is 0. The third-order valence-corrected chi connectivity index (χ3v) is 5.34. The standard InChI is InChI=1S/C13H16N2O2S/c1-10-5-6-13(8-11(10)2)18(16,17)15-7-3-4-12(15)9-14/h5-6,8,12H,3-4,7H2,1-2H3. The average Bonchev–Trinajstić information content (AvgIpc) is 2.81. The molecule has 0 bridgehead atoms. The molecule has 18 heavy (non-hydrogen) atoms. The second-order valence-corrected chi connectivity index (χ2v) is 6.54. The molecule has 1 aromatic carbocycles. The van der Waals surface area contributed by atoms with Crippen LogP contribution in [0.1, 0.15) is 24.0 Å². The molecule has 1 aromatic rings. The van der Waals surface area contributed by atoms with Crippen molar-refractivity contribution in [3.63, 3.8) is 0 Å². The van der Waals surface area contributed by atoms with Gasteiger partial charge in [0.2, 0.25) is 10.0 Å². The van der Waals surface area contributed by atoms with Crippen molar-refractivity contribution >= 4 is 10.0 Å². The fourth-order valence-corrected chi connectivity index (χ4v) is 3.86. The molecule has 1 unspecified atom stereocenters. The fourth-order valence-electron chi connectivity index (χ4n) is 2.17. The van der Waals surface area contributed by atoms with E-state index in [0.717, 1.165) is 17.5 Å². The van der Waals surface area contributed by atoms with E-state index in [-0.39, 0.29) is 4.90 Å². The van der Waals surface area contributed by atoms with E-state index in [2.05, 4.69) is 6.07 Å². The molecular formula is C13H16N2O2S. The van der Waals surface area contributed by atoms with Gasteiger partial charge in [-0.1, -0.05) is 6.07 Å². The van der Waals surface area contributed by atoms with Gasteiger partial charge >= 0.3 is 0 Å². The smallest absolute Gasteiger partial charge is 0.207 e. The minimum atomic E-state index is -3.53. The van der Waals surface area contributed by atoms with Crippen LogP contribution in [0.25, 0.3) is 0 Å². The molecule has 2 rings (SSSR count). The van der Waals surface area contributed by atoms with Crippen LogP contribution in [0.3, 0.4) is 0 Å². The van der Waals surface area contributed by atoms with E-state index in [1.807, 2.05) is 13.8 Å². The molecule has 1 atom stereocenters. The van der Waals surface area contributed by atoms with Crippen molar-refractivity contribution in [1.82, 2.24) is 4.31 Å². The Bertz CT molecular complexity index is 602. The number of aryl methyl sites for hydroxylation is 2. The quantitative estimate of drug-likeness (QED) is 0.820. The van der Waals surface area contributed by atoms with Crippen molar-refractivity contribution in [2.75, 3.05) is 6.54 Å². The van der Waals surface area contributed by atoms with Crippen LogP contribution in [0.5, 0.6) is 0 Å². The summed E-state index contributed by atoms with van der Waals surface area (Å²) in [5, 5.41) is 8.99. The summed E-state index contributed by atoms with van der Waals surface area (Å²) in [6, 6.07) is 6.64. The van der Waals surface area contributed by atoms with Gasteiger partial charge in [0.1, 0.15) is 6.04 Å². The zero-order valence-electron chi connectivity index (χ0n) is 10.5. The number of benzene rings is 1. The molecule has 1 heterocycles. The lowest BCUT2D eigenvalue weighted by molar-refractivity contribution is 0.437. The summed E-state index contributed by atoms with van der Waals surface area (Å²) in [6.45, 7) is 4.27. The Hall–Kier alpha value is -1.38. The molecule has 0 spiro atoms. The first-order chi connectivity index (χ1) is 8.46. The molecular weight excluding hydrogens is 248 g/mol. The summed E-state index contributed by atoms with van der Waals surface area (Å²) in [5.41, 5.74) is 2.01. The zero-order chi connectivity index (χ0) is 13.3. The molecule has 1 aliphatic rings. The van der Waals surface area contributed by atoms with Crippen molar-refractivity contribution in [3.05, 3.63) is 29.3 Å². The Morgan fingerprint density at radius 3 is 2.67 bits per heavy atom. The Labute approximate surface area is 108 Å². The lowest BCUT2D eigenvalue weighted by Crippen LogP contribution is -2.34. The average molecular weight is 264 g/mol. The van der Waals surface area contributed by atoms with E-state index >= 15 is 0 Å². The Morgan fingerprint density at radius 1 is 1.33 bits per heavy atom. The van der Waals surface area contributed by atoms with Crippen molar-refractivity contribution < 1.29 is 8.42 Å². The van der Waals surface area contributed by atoms with Gasteiger partial charge in [-0.05, 0) is 49.9 Å². The monoisotopic (exact) mass is 264 g/mol. The van der Waals surface area contributed by atoms with Gasteiger partial charge in [0.25, 0.3) is 0 Å². The minimum absolute atomic E-state index is 0.285. The summed E-state index contributed by atoms with van der Waals surface area (Å²) < 4.78 is 26.2. The Balaban J connectivity index is 2.42. The Morgan fingerprint density at radius 2 is 2.06 bits per heavy atom. The van der Waals surface area contributed by atoms with Crippen LogP contribution >= 0.6 is 0 Å². The first-order valence-electron chi connectivity index (χ1n) is 5.95. The van der Waals surface area contributed by atoms with Crippen LogP contribution in [0.2, 0.25) is 0 Å². The lowest BCUT2D eigenvalue weighted by atomic mass is 10.1. The van der Waals surface area contributed by atoms with E-state index in [0.29, 0.717) is 13.0 Å². The zero-order valence-corrected chi connectivity index (χ0v) is 11.4. The maximum atomic E-state index is 12.4. The van der Waals surface area contributed by atoms with Gasteiger partial charge in [-0.3, -0.25) is 0 Å². The molecule has 0 radical (unpaired) electrons. The van der Waals surface area contributed by atoms with Crippen LogP contribution in [-0.4, -0.2) is 25.3 Å². The van der Waals surface area contributed by atoms with Gasteiger partial charge in [-0.15, -0.1) is 0 Å². The van der Waals surface area contributed by atoms with Crippen molar-refractivity contribution in [3.8, 4) is 6.07 Å². The van der Waals surface area contributed by atoms with Crippen LogP contribution in [0.4, 0.5) is 0 Å². The largest absolute Gasteiger partial charge is 0.244 e. The van der Waals surface area contributed by atoms with E-state index < -0.39 is 16.1 Å². The number of nitrogens with zero attached hydrogens (tertiary/aromatic N) is 2. The normalized spacial score (nSPS) is 20.8. The van der Waals surface area contributed by atoms with Crippen molar-refractivity contribution in [2.24, 2.45) is 0 Å². The van der Waals surface area contributed by atoms with Gasteiger partial charge in [0.15, 0.2) is 0 Å². The van der Waals surface area contributed by atoms with Gasteiger partial charge in [0, 0.05) is 6.54 Å². The predicted octanol–water partition coefficient (Wildman–Crippen LogP) is 1.98. The summed E-state index contributed by atoms with van der Waals surface area (Å²) in [4.78, 5) is 0.285. The first kappa shape index (κ1) is 13.1. The fraction of sp³-hybridized carbons (Fsp3) is 0.462. The summed E-state index contributed by atoms with van der Waals surface area (Å²) in [5.74, 6) is 0. The molecule has 0 N–H and O–H groups in total. The molecule has 0 aromatic heterocycles. The van der Waals surface area contributed by atoms with Crippen molar-refractivity contribution in [2.45, 2.75) is 37.6 Å². The third kappa shape index (κ3) is 2.14. The molecule has 1 saturated heterocycles. The number of nitriles is 1. The lowest BCUT2D eigenvalue weighted by Gasteiger charge is -2.19. The van der Waals surface area contributed by atoms with Crippen LogP contribution in [0.15, 0.2) is 23.1 Å². The number of rotatable bonds is 2. The maximum Gasteiger partial charge on any atom is 0.244 e. The second kappa shape index (κ2) is 4.71. The van der Waals surface area contributed by atoms with Gasteiger partial charge in [-0.2, -0.15) is 9.57 Å². The third-order valence-electron chi connectivity index (χ3n) is 3.44. The molecule has 1 aliphatic heterocycles. The number of hydrogen-bond donors (Lipinski definition) is 0. The highest BCUT2D eigenvalue weighted by Gasteiger charge is 2.35. The molecule has 5 heteroatoms. The minimum Gasteiger partial charge on any atom is -0.207 e. The van der Waals surface area contributed by atoms with Crippen LogP contribution in [0, 0.1) is 25.2 Å². The van der Waals surface area contributed by atoms with Crippen LogP contribution < -0.4 is 0 Å². The molecule has 0 aliphatic carbocycles. The first-order valence-corrected chi connectivity index (χ1v) is 7.39. The van der Waals surface area contributed by atoms with E-state index in [4.69, 9.17) is 5.26 Å². The van der Waals surface area contributed by atoms with Crippen molar-refractivity contribution in [1.29, 1.82) is 5.26 Å². The highest BCUT2D eigenvalue weighted by molar-refractivity contribution is 7.89. The topological polar surface area (TPSA) is 61.2 Å². The van der Waals surface area contributed by atoms with Gasteiger partial charge in [-0.25, -0.2) is 8.42 Å². The number of hydrogen-bond acceptors (Lipinski definition) is 3. The van der Waals surface area contributed by atoms with Gasteiger partial charge < -0.3 is 0 Å². The van der Waals surface area contributed by atoms with Crippen LogP contribution in [-0.2, 0) is 10.0 Å². The SMILES string of the molecule is Cc1ccc(S(=O)(=O)N2CCCC2C#N)cc1C. The van der Waals surface area contributed by atoms with E-state index in [9.17, 15) is 8.42 Å². The molecule has 0 saturated carbocycles. The highest BCUT2D eigenvalue weighted by atomic mass is 32.2. The van der Waals surface area contributed by atoms with E-state index in [1.54, 1.807) is 18.2 Å². The molecule has 0 amide bonds. The molecule has 96 valence electrons. The Kier molecular flexibility index (Phi) is 3.42. The summed E-state index contributed by atoms with van der Waals surface area (Å²) in [6.07, 6.45) is 1.38. The van der Waals surface area contributed by atoms with E-state index in [1.165, 1.54) is 4.31 Å². The predicted molar refractivity (Wildman–Crippen MR) is 68.4 cm³/mol.